The second-order valence-electron chi connectivity index (χ2n) is 5.67. The van der Waals surface area contributed by atoms with E-state index >= 15 is 0 Å². The number of hydrogen-bond acceptors (Lipinski definition) is 5. The van der Waals surface area contributed by atoms with Gasteiger partial charge in [0.25, 0.3) is 0 Å². The fourth-order valence-electron chi connectivity index (χ4n) is 3.49. The third kappa shape index (κ3) is 2.12. The number of carbonyl (C=O) groups is 1. The average Bonchev–Trinajstić information content (AvgIpc) is 2.22. The first-order valence-corrected chi connectivity index (χ1v) is 6.12. The SMILES string of the molecule is CC1C(O)C(=O)C(O)CC12CC(O)CC(O)C2. The Labute approximate surface area is 100 Å². The van der Waals surface area contributed by atoms with Crippen molar-refractivity contribution < 1.29 is 25.2 Å². The van der Waals surface area contributed by atoms with Crippen LogP contribution >= 0.6 is 0 Å². The van der Waals surface area contributed by atoms with Crippen LogP contribution in [-0.4, -0.2) is 50.6 Å². The maximum absolute atomic E-state index is 11.5. The summed E-state index contributed by atoms with van der Waals surface area (Å²) in [5.74, 6) is -0.888. The molecular formula is C12H20O5. The molecule has 17 heavy (non-hydrogen) atoms. The zero-order valence-electron chi connectivity index (χ0n) is 9.91. The predicted molar refractivity (Wildman–Crippen MR) is 59.1 cm³/mol. The van der Waals surface area contributed by atoms with Crippen LogP contribution < -0.4 is 0 Å². The van der Waals surface area contributed by atoms with Gasteiger partial charge in [-0.3, -0.25) is 4.79 Å². The molecule has 0 aromatic rings. The van der Waals surface area contributed by atoms with Crippen LogP contribution in [0.3, 0.4) is 0 Å². The predicted octanol–water partition coefficient (Wildman–Crippen LogP) is -0.791. The first kappa shape index (κ1) is 13.0. The Hall–Kier alpha value is -0.490. The summed E-state index contributed by atoms with van der Waals surface area (Å²) in [5, 5.41) is 39.0. The summed E-state index contributed by atoms with van der Waals surface area (Å²) >= 11 is 0. The molecule has 2 saturated carbocycles. The Morgan fingerprint density at radius 2 is 1.59 bits per heavy atom. The fourth-order valence-corrected chi connectivity index (χ4v) is 3.49. The zero-order chi connectivity index (χ0) is 12.8. The molecule has 4 N–H and O–H groups in total. The van der Waals surface area contributed by atoms with Crippen molar-refractivity contribution in [1.82, 2.24) is 0 Å². The summed E-state index contributed by atoms with van der Waals surface area (Å²) < 4.78 is 0. The Bertz CT molecular complexity index is 306. The molecule has 1 spiro atoms. The number of Topliss-reactive ketones (excluding diaryl/α,β-unsaturated/α-hetero) is 1. The smallest absolute Gasteiger partial charge is 0.189 e. The van der Waals surface area contributed by atoms with Crippen LogP contribution in [0.4, 0.5) is 0 Å². The lowest BCUT2D eigenvalue weighted by atomic mass is 9.57. The standard InChI is InChI=1S/C12H20O5/c1-6-10(16)11(17)9(15)5-12(6)3-7(13)2-8(14)4-12/h6-10,13-16H,2-5H2,1H3. The van der Waals surface area contributed by atoms with Gasteiger partial charge in [-0.15, -0.1) is 0 Å². The zero-order valence-corrected chi connectivity index (χ0v) is 9.91. The highest BCUT2D eigenvalue weighted by Crippen LogP contribution is 2.50. The van der Waals surface area contributed by atoms with E-state index in [2.05, 4.69) is 0 Å². The number of rotatable bonds is 0. The van der Waals surface area contributed by atoms with Crippen LogP contribution in [0.2, 0.25) is 0 Å². The average molecular weight is 244 g/mol. The molecule has 2 rings (SSSR count). The van der Waals surface area contributed by atoms with Gasteiger partial charge in [-0.1, -0.05) is 6.92 Å². The topological polar surface area (TPSA) is 98.0 Å². The molecule has 5 heteroatoms. The molecule has 0 amide bonds. The van der Waals surface area contributed by atoms with Crippen molar-refractivity contribution >= 4 is 5.78 Å². The van der Waals surface area contributed by atoms with Gasteiger partial charge in [0.1, 0.15) is 12.2 Å². The van der Waals surface area contributed by atoms with Crippen molar-refractivity contribution in [2.75, 3.05) is 0 Å². The number of hydrogen-bond donors (Lipinski definition) is 4. The summed E-state index contributed by atoms with van der Waals surface area (Å²) in [6.45, 7) is 1.75. The summed E-state index contributed by atoms with van der Waals surface area (Å²) in [6, 6.07) is 0. The second kappa shape index (κ2) is 4.31. The van der Waals surface area contributed by atoms with Crippen LogP contribution in [0.25, 0.3) is 0 Å². The molecule has 0 bridgehead atoms. The summed E-state index contributed by atoms with van der Waals surface area (Å²) in [6.07, 6.45) is -2.25. The molecule has 2 fully saturated rings. The number of aliphatic hydroxyl groups is 4. The van der Waals surface area contributed by atoms with Gasteiger partial charge < -0.3 is 20.4 Å². The number of ketones is 1. The van der Waals surface area contributed by atoms with Gasteiger partial charge in [0, 0.05) is 0 Å². The van der Waals surface area contributed by atoms with Crippen molar-refractivity contribution in [2.24, 2.45) is 11.3 Å². The van der Waals surface area contributed by atoms with Gasteiger partial charge in [-0.25, -0.2) is 0 Å². The molecule has 2 aliphatic carbocycles. The van der Waals surface area contributed by atoms with Gasteiger partial charge in [-0.05, 0) is 37.0 Å². The molecule has 0 aromatic carbocycles. The monoisotopic (exact) mass is 244 g/mol. The van der Waals surface area contributed by atoms with Crippen molar-refractivity contribution in [3.8, 4) is 0 Å². The minimum atomic E-state index is -1.20. The molecule has 98 valence electrons. The van der Waals surface area contributed by atoms with Crippen molar-refractivity contribution in [3.63, 3.8) is 0 Å². The van der Waals surface area contributed by atoms with Crippen LogP contribution in [0.15, 0.2) is 0 Å². The van der Waals surface area contributed by atoms with Crippen molar-refractivity contribution in [1.29, 1.82) is 0 Å². The van der Waals surface area contributed by atoms with E-state index in [1.54, 1.807) is 6.92 Å². The molecule has 0 aromatic heterocycles. The molecule has 5 nitrogen and oxygen atoms in total. The van der Waals surface area contributed by atoms with Crippen LogP contribution in [0, 0.1) is 11.3 Å². The van der Waals surface area contributed by atoms with E-state index < -0.39 is 35.6 Å². The Morgan fingerprint density at radius 1 is 1.06 bits per heavy atom. The van der Waals surface area contributed by atoms with Crippen LogP contribution in [0.1, 0.15) is 32.6 Å². The minimum Gasteiger partial charge on any atom is -0.393 e. The number of carbonyl (C=O) groups excluding carboxylic acids is 1. The highest BCUT2D eigenvalue weighted by atomic mass is 16.3. The highest BCUT2D eigenvalue weighted by Gasteiger charge is 2.53. The largest absolute Gasteiger partial charge is 0.393 e. The van der Waals surface area contributed by atoms with Gasteiger partial charge >= 0.3 is 0 Å². The third-order valence-corrected chi connectivity index (χ3v) is 4.49. The summed E-state index contributed by atoms with van der Waals surface area (Å²) in [4.78, 5) is 11.5. The lowest BCUT2D eigenvalue weighted by molar-refractivity contribution is -0.164. The van der Waals surface area contributed by atoms with Crippen molar-refractivity contribution in [3.05, 3.63) is 0 Å². The summed E-state index contributed by atoms with van der Waals surface area (Å²) in [7, 11) is 0. The summed E-state index contributed by atoms with van der Waals surface area (Å²) in [5.41, 5.74) is -0.538. The van der Waals surface area contributed by atoms with E-state index in [1.165, 1.54) is 0 Å². The normalized spacial score (nSPS) is 51.8. The molecule has 0 saturated heterocycles. The van der Waals surface area contributed by atoms with Gasteiger partial charge in [0.15, 0.2) is 5.78 Å². The van der Waals surface area contributed by atoms with E-state index in [0.29, 0.717) is 19.3 Å². The Balaban J connectivity index is 2.26. The maximum atomic E-state index is 11.5. The first-order chi connectivity index (χ1) is 7.85. The molecule has 0 aliphatic heterocycles. The lowest BCUT2D eigenvalue weighted by Gasteiger charge is -2.50. The van der Waals surface area contributed by atoms with Crippen LogP contribution in [-0.2, 0) is 4.79 Å². The first-order valence-electron chi connectivity index (χ1n) is 6.12. The molecule has 5 atom stereocenters. The Morgan fingerprint density at radius 3 is 2.12 bits per heavy atom. The van der Waals surface area contributed by atoms with Gasteiger partial charge in [-0.2, -0.15) is 0 Å². The Kier molecular flexibility index (Phi) is 3.29. The van der Waals surface area contributed by atoms with Gasteiger partial charge in [0.05, 0.1) is 12.2 Å². The maximum Gasteiger partial charge on any atom is 0.189 e. The molecule has 0 radical (unpaired) electrons. The van der Waals surface area contributed by atoms with E-state index in [0.717, 1.165) is 0 Å². The van der Waals surface area contributed by atoms with Crippen molar-refractivity contribution in [2.45, 2.75) is 57.0 Å². The van der Waals surface area contributed by atoms with E-state index in [-0.39, 0.29) is 12.3 Å². The lowest BCUT2D eigenvalue weighted by Crippen LogP contribution is -2.56. The highest BCUT2D eigenvalue weighted by molar-refractivity contribution is 5.88. The third-order valence-electron chi connectivity index (χ3n) is 4.49. The van der Waals surface area contributed by atoms with E-state index in [9.17, 15) is 25.2 Å². The minimum absolute atomic E-state index is 0.220. The molecular weight excluding hydrogens is 224 g/mol. The van der Waals surface area contributed by atoms with Gasteiger partial charge in [0.2, 0.25) is 0 Å². The molecule has 2 aliphatic rings. The molecule has 5 unspecified atom stereocenters. The fraction of sp³-hybridized carbons (Fsp3) is 0.917. The quantitative estimate of drug-likeness (QED) is 0.447. The van der Waals surface area contributed by atoms with E-state index in [4.69, 9.17) is 0 Å². The van der Waals surface area contributed by atoms with Crippen LogP contribution in [0.5, 0.6) is 0 Å². The molecule has 0 heterocycles. The number of aliphatic hydroxyl groups excluding tert-OH is 4. The second-order valence-corrected chi connectivity index (χ2v) is 5.67. The van der Waals surface area contributed by atoms with E-state index in [1.807, 2.05) is 0 Å².